The Balaban J connectivity index is 2.55. The Bertz CT molecular complexity index is 146. The molecule has 0 amide bonds. The number of hydrogen-bond donors (Lipinski definition) is 0. The first-order valence-electron chi connectivity index (χ1n) is 2.89. The van der Waals surface area contributed by atoms with Crippen molar-refractivity contribution >= 4 is 46.4 Å². The summed E-state index contributed by atoms with van der Waals surface area (Å²) in [6, 6.07) is 0. The quantitative estimate of drug-likeness (QED) is 0.432. The summed E-state index contributed by atoms with van der Waals surface area (Å²) in [6.45, 7) is 0. The van der Waals surface area contributed by atoms with Gasteiger partial charge in [0.2, 0.25) is 0 Å². The van der Waals surface area contributed by atoms with E-state index in [1.807, 2.05) is 12.2 Å². The van der Waals surface area contributed by atoms with Crippen molar-refractivity contribution in [2.75, 3.05) is 0 Å². The maximum Gasteiger partial charge on any atom is 0.196 e. The van der Waals surface area contributed by atoms with Crippen LogP contribution >= 0.6 is 46.4 Å². The van der Waals surface area contributed by atoms with Crippen LogP contribution < -0.4 is 0 Å². The van der Waals surface area contributed by atoms with Crippen molar-refractivity contribution in [3.63, 3.8) is 0 Å². The monoisotopic (exact) mass is 218 g/mol. The van der Waals surface area contributed by atoms with Crippen molar-refractivity contribution in [3.8, 4) is 0 Å². The molecule has 1 aliphatic carbocycles. The highest BCUT2D eigenvalue weighted by atomic mass is 35.6. The fraction of sp³-hybridized carbons (Fsp3) is 0.667. The molecular weight excluding hydrogens is 214 g/mol. The van der Waals surface area contributed by atoms with Crippen molar-refractivity contribution in [1.29, 1.82) is 0 Å². The summed E-state index contributed by atoms with van der Waals surface area (Å²) in [5, 5.41) is 0.0284. The molecule has 1 rings (SSSR count). The lowest BCUT2D eigenvalue weighted by atomic mass is 10.1. The van der Waals surface area contributed by atoms with Crippen molar-refractivity contribution < 1.29 is 0 Å². The normalized spacial score (nSPS) is 33.2. The van der Waals surface area contributed by atoms with Crippen LogP contribution in [-0.2, 0) is 0 Å². The molecule has 0 heterocycles. The van der Waals surface area contributed by atoms with Crippen LogP contribution in [0.5, 0.6) is 0 Å². The number of halogens is 4. The Morgan fingerprint density at radius 2 is 1.80 bits per heavy atom. The number of alkyl halides is 4. The minimum Gasteiger partial charge on any atom is -0.118 e. The lowest BCUT2D eigenvalue weighted by Gasteiger charge is -2.17. The van der Waals surface area contributed by atoms with Crippen molar-refractivity contribution in [3.05, 3.63) is 12.2 Å². The van der Waals surface area contributed by atoms with E-state index in [4.69, 9.17) is 46.4 Å². The highest BCUT2D eigenvalue weighted by molar-refractivity contribution is 6.67. The van der Waals surface area contributed by atoms with E-state index in [0.717, 1.165) is 6.42 Å². The summed E-state index contributed by atoms with van der Waals surface area (Å²) >= 11 is 22.6. The molecule has 58 valence electrons. The molecule has 0 bridgehead atoms. The summed E-state index contributed by atoms with van der Waals surface area (Å²) in [4.78, 5) is 0. The predicted molar refractivity (Wildman–Crippen MR) is 47.2 cm³/mol. The van der Waals surface area contributed by atoms with E-state index in [9.17, 15) is 0 Å². The van der Waals surface area contributed by atoms with Crippen LogP contribution in [0.4, 0.5) is 0 Å². The molecule has 2 atom stereocenters. The molecule has 4 heteroatoms. The van der Waals surface area contributed by atoms with Crippen LogP contribution in [0.1, 0.15) is 6.42 Å². The lowest BCUT2D eigenvalue weighted by molar-refractivity contribution is 0.652. The van der Waals surface area contributed by atoms with Crippen LogP contribution in [0, 0.1) is 5.92 Å². The van der Waals surface area contributed by atoms with E-state index < -0.39 is 3.79 Å². The second-order valence-corrected chi connectivity index (χ2v) is 5.21. The maximum atomic E-state index is 5.75. The highest BCUT2D eigenvalue weighted by Gasteiger charge is 2.34. The second kappa shape index (κ2) is 3.10. The van der Waals surface area contributed by atoms with E-state index in [0.29, 0.717) is 0 Å². The van der Waals surface area contributed by atoms with Gasteiger partial charge in [0.1, 0.15) is 0 Å². The molecule has 0 aromatic carbocycles. The van der Waals surface area contributed by atoms with Gasteiger partial charge in [-0.15, -0.1) is 11.6 Å². The lowest BCUT2D eigenvalue weighted by Crippen LogP contribution is -2.15. The minimum absolute atomic E-state index is 0.0278. The molecule has 1 aliphatic rings. The molecular formula is C6H6Cl4. The van der Waals surface area contributed by atoms with Crippen molar-refractivity contribution in [2.45, 2.75) is 15.6 Å². The fourth-order valence-corrected chi connectivity index (χ4v) is 1.66. The van der Waals surface area contributed by atoms with Crippen LogP contribution in [0.3, 0.4) is 0 Å². The zero-order chi connectivity index (χ0) is 7.78. The summed E-state index contributed by atoms with van der Waals surface area (Å²) in [5.41, 5.74) is 0. The minimum atomic E-state index is -1.19. The first-order valence-corrected chi connectivity index (χ1v) is 4.46. The van der Waals surface area contributed by atoms with Gasteiger partial charge in [-0.25, -0.2) is 0 Å². The molecule has 0 saturated carbocycles. The molecule has 0 unspecified atom stereocenters. The second-order valence-electron chi connectivity index (χ2n) is 2.28. The van der Waals surface area contributed by atoms with Gasteiger partial charge in [-0.3, -0.25) is 0 Å². The Kier molecular flexibility index (Phi) is 2.79. The van der Waals surface area contributed by atoms with Crippen LogP contribution in [0.25, 0.3) is 0 Å². The van der Waals surface area contributed by atoms with Gasteiger partial charge in [-0.2, -0.15) is 0 Å². The number of hydrogen-bond acceptors (Lipinski definition) is 0. The van der Waals surface area contributed by atoms with Gasteiger partial charge >= 0.3 is 0 Å². The molecule has 0 radical (unpaired) electrons. The van der Waals surface area contributed by atoms with E-state index >= 15 is 0 Å². The summed E-state index contributed by atoms with van der Waals surface area (Å²) in [5.74, 6) is -0.0278. The highest BCUT2D eigenvalue weighted by Crippen LogP contribution is 2.41. The summed E-state index contributed by atoms with van der Waals surface area (Å²) < 4.78 is -1.19. The number of allylic oxidation sites excluding steroid dienone is 2. The molecule has 10 heavy (non-hydrogen) atoms. The third-order valence-corrected chi connectivity index (χ3v) is 2.62. The van der Waals surface area contributed by atoms with Gasteiger partial charge in [0.05, 0.1) is 5.38 Å². The van der Waals surface area contributed by atoms with E-state index in [1.54, 1.807) is 0 Å². The number of rotatable bonds is 0. The molecule has 0 N–H and O–H groups in total. The van der Waals surface area contributed by atoms with E-state index in [1.165, 1.54) is 0 Å². The molecule has 0 nitrogen and oxygen atoms in total. The van der Waals surface area contributed by atoms with Crippen molar-refractivity contribution in [1.82, 2.24) is 0 Å². The van der Waals surface area contributed by atoms with E-state index in [-0.39, 0.29) is 11.3 Å². The van der Waals surface area contributed by atoms with Gasteiger partial charge in [-0.1, -0.05) is 47.0 Å². The fourth-order valence-electron chi connectivity index (χ4n) is 0.897. The molecule has 0 fully saturated rings. The first-order chi connectivity index (χ1) is 4.50. The SMILES string of the molecule is Cl[C@@H]1C=C[C@H](C(Cl)(Cl)Cl)C1. The van der Waals surface area contributed by atoms with Gasteiger partial charge in [0.25, 0.3) is 0 Å². The summed E-state index contributed by atoms with van der Waals surface area (Å²) in [7, 11) is 0. The molecule has 0 aromatic rings. The molecule has 0 spiro atoms. The average Bonchev–Trinajstić information content (AvgIpc) is 2.11. The van der Waals surface area contributed by atoms with Gasteiger partial charge in [0.15, 0.2) is 3.79 Å². The van der Waals surface area contributed by atoms with Gasteiger partial charge in [-0.05, 0) is 6.42 Å². The Morgan fingerprint density at radius 3 is 2.00 bits per heavy atom. The smallest absolute Gasteiger partial charge is 0.118 e. The molecule has 0 aromatic heterocycles. The molecule has 0 saturated heterocycles. The van der Waals surface area contributed by atoms with Crippen molar-refractivity contribution in [2.24, 2.45) is 5.92 Å². The van der Waals surface area contributed by atoms with Crippen LogP contribution in [0.15, 0.2) is 12.2 Å². The van der Waals surface area contributed by atoms with Gasteiger partial charge < -0.3 is 0 Å². The topological polar surface area (TPSA) is 0 Å². The Labute approximate surface area is 80.1 Å². The third-order valence-electron chi connectivity index (χ3n) is 1.45. The standard InChI is InChI=1S/C6H6Cl4/c7-5-2-1-4(3-5)6(8,9)10/h1-2,4-5H,3H2/t4-,5+/m0/s1. The summed E-state index contributed by atoms with van der Waals surface area (Å²) in [6.07, 6.45) is 4.43. The van der Waals surface area contributed by atoms with E-state index in [2.05, 4.69) is 0 Å². The Morgan fingerprint density at radius 1 is 1.20 bits per heavy atom. The largest absolute Gasteiger partial charge is 0.196 e. The zero-order valence-electron chi connectivity index (χ0n) is 5.03. The van der Waals surface area contributed by atoms with Crippen LogP contribution in [0.2, 0.25) is 0 Å². The average molecular weight is 220 g/mol. The zero-order valence-corrected chi connectivity index (χ0v) is 8.05. The third kappa shape index (κ3) is 2.20. The maximum absolute atomic E-state index is 5.75. The van der Waals surface area contributed by atoms with Gasteiger partial charge in [0, 0.05) is 5.92 Å². The first kappa shape index (κ1) is 8.99. The molecule has 0 aliphatic heterocycles. The predicted octanol–water partition coefficient (Wildman–Crippen LogP) is 3.54. The van der Waals surface area contributed by atoms with Crippen LogP contribution in [-0.4, -0.2) is 9.17 Å². The Hall–Kier alpha value is 0.900.